The Kier molecular flexibility index (Phi) is 4.79. The zero-order valence-electron chi connectivity index (χ0n) is 14.3. The molecule has 29 heavy (non-hydrogen) atoms. The Morgan fingerprint density at radius 1 is 0.655 bits per heavy atom. The van der Waals surface area contributed by atoms with E-state index in [2.05, 4.69) is 15.2 Å². The molecule has 0 fully saturated rings. The molecule has 0 aliphatic heterocycles. The van der Waals surface area contributed by atoms with Crippen LogP contribution in [-0.2, 0) is 0 Å². The van der Waals surface area contributed by atoms with Crippen LogP contribution in [0.4, 0.5) is 0 Å². The monoisotopic (exact) mass is 397 g/mol. The van der Waals surface area contributed by atoms with Crippen LogP contribution < -0.4 is 0 Å². The first kappa shape index (κ1) is 19.2. The minimum atomic E-state index is -1.43. The van der Waals surface area contributed by atoms with Gasteiger partial charge in [-0.15, -0.1) is 0 Å². The maximum Gasteiger partial charge on any atom is 0.336 e. The number of carboxylic acid groups (broad SMARTS) is 4. The third-order valence-electron chi connectivity index (χ3n) is 3.98. The normalized spacial score (nSPS) is 10.5. The van der Waals surface area contributed by atoms with Gasteiger partial charge in [0.2, 0.25) is 0 Å². The molecule has 0 saturated carbocycles. The van der Waals surface area contributed by atoms with Crippen LogP contribution >= 0.6 is 0 Å². The molecule has 1 aromatic heterocycles. The van der Waals surface area contributed by atoms with Crippen molar-refractivity contribution < 1.29 is 39.6 Å². The first-order valence-corrected chi connectivity index (χ1v) is 7.83. The molecule has 2 aromatic carbocycles. The van der Waals surface area contributed by atoms with Gasteiger partial charge in [-0.3, -0.25) is 5.10 Å². The maximum atomic E-state index is 11.3. The predicted molar refractivity (Wildman–Crippen MR) is 95.1 cm³/mol. The molecule has 11 nitrogen and oxygen atoms in total. The van der Waals surface area contributed by atoms with Gasteiger partial charge < -0.3 is 20.4 Å². The maximum absolute atomic E-state index is 11.3. The highest BCUT2D eigenvalue weighted by Crippen LogP contribution is 2.24. The molecule has 0 atom stereocenters. The van der Waals surface area contributed by atoms with Crippen molar-refractivity contribution in [3.05, 3.63) is 58.7 Å². The molecule has 1 heterocycles. The summed E-state index contributed by atoms with van der Waals surface area (Å²) in [6, 6.07) is 7.13. The number of benzene rings is 2. The van der Waals surface area contributed by atoms with Crippen molar-refractivity contribution in [2.75, 3.05) is 0 Å². The van der Waals surface area contributed by atoms with Gasteiger partial charge in [0.25, 0.3) is 0 Å². The van der Waals surface area contributed by atoms with Crippen LogP contribution in [0, 0.1) is 0 Å². The number of nitrogens with one attached hydrogen (secondary N) is 1. The Bertz CT molecular complexity index is 1090. The number of aromatic amines is 1. The Morgan fingerprint density at radius 2 is 1.10 bits per heavy atom. The van der Waals surface area contributed by atoms with Crippen LogP contribution in [0.2, 0.25) is 0 Å². The van der Waals surface area contributed by atoms with Gasteiger partial charge in [0.1, 0.15) is 0 Å². The van der Waals surface area contributed by atoms with Gasteiger partial charge in [-0.05, 0) is 24.3 Å². The third-order valence-corrected chi connectivity index (χ3v) is 3.98. The summed E-state index contributed by atoms with van der Waals surface area (Å²) in [5.41, 5.74) is -1.21. The summed E-state index contributed by atoms with van der Waals surface area (Å²) >= 11 is 0. The Morgan fingerprint density at radius 3 is 1.59 bits per heavy atom. The zero-order chi connectivity index (χ0) is 21.3. The molecule has 0 amide bonds. The minimum Gasteiger partial charge on any atom is -0.478 e. The van der Waals surface area contributed by atoms with Gasteiger partial charge >= 0.3 is 23.9 Å². The van der Waals surface area contributed by atoms with Crippen molar-refractivity contribution >= 4 is 23.9 Å². The molecular weight excluding hydrogens is 386 g/mol. The summed E-state index contributed by atoms with van der Waals surface area (Å²) in [6.07, 6.45) is 0. The largest absolute Gasteiger partial charge is 0.478 e. The summed E-state index contributed by atoms with van der Waals surface area (Å²) in [6.45, 7) is 0. The molecule has 146 valence electrons. The fourth-order valence-corrected chi connectivity index (χ4v) is 2.62. The molecule has 0 aliphatic carbocycles. The summed E-state index contributed by atoms with van der Waals surface area (Å²) < 4.78 is 0. The van der Waals surface area contributed by atoms with Gasteiger partial charge in [-0.2, -0.15) is 5.10 Å². The lowest BCUT2D eigenvalue weighted by Gasteiger charge is -2.04. The van der Waals surface area contributed by atoms with E-state index in [0.29, 0.717) is 0 Å². The molecule has 5 N–H and O–H groups in total. The standard InChI is InChI=1S/C18H11N3O8/c22-15(23)9-3-1-7(5-11(9)17(26)27)13-19-14(21-20-13)8-2-4-10(16(24)25)12(6-8)18(28)29/h1-6H,(H,22,23)(H,24,25)(H,26,27)(H,28,29)(H,19,20,21). The molecule has 0 radical (unpaired) electrons. The lowest BCUT2D eigenvalue weighted by atomic mass is 10.0. The molecule has 0 unspecified atom stereocenters. The summed E-state index contributed by atoms with van der Waals surface area (Å²) in [5, 5.41) is 43.0. The van der Waals surface area contributed by atoms with Gasteiger partial charge in [0.05, 0.1) is 22.3 Å². The van der Waals surface area contributed by atoms with Crippen molar-refractivity contribution in [3.8, 4) is 22.8 Å². The number of H-pyrrole nitrogens is 1. The second kappa shape index (κ2) is 7.23. The van der Waals surface area contributed by atoms with E-state index in [0.717, 1.165) is 24.3 Å². The van der Waals surface area contributed by atoms with Gasteiger partial charge in [0.15, 0.2) is 11.6 Å². The smallest absolute Gasteiger partial charge is 0.336 e. The molecule has 11 heteroatoms. The lowest BCUT2D eigenvalue weighted by Crippen LogP contribution is -2.08. The Balaban J connectivity index is 2.04. The number of aromatic nitrogens is 3. The number of hydrogen-bond acceptors (Lipinski definition) is 6. The van der Waals surface area contributed by atoms with Crippen molar-refractivity contribution in [3.63, 3.8) is 0 Å². The van der Waals surface area contributed by atoms with Gasteiger partial charge in [0, 0.05) is 11.1 Å². The first-order chi connectivity index (χ1) is 13.7. The summed E-state index contributed by atoms with van der Waals surface area (Å²) in [5.74, 6) is -5.51. The van der Waals surface area contributed by atoms with E-state index in [1.165, 1.54) is 12.1 Å². The lowest BCUT2D eigenvalue weighted by molar-refractivity contribution is 0.0651. The number of carbonyl (C=O) groups is 4. The van der Waals surface area contributed by atoms with Gasteiger partial charge in [-0.25, -0.2) is 24.2 Å². The average molecular weight is 397 g/mol. The molecule has 0 aliphatic rings. The highest BCUT2D eigenvalue weighted by Gasteiger charge is 2.20. The Labute approximate surface area is 160 Å². The van der Waals surface area contributed by atoms with Crippen molar-refractivity contribution in [2.24, 2.45) is 0 Å². The van der Waals surface area contributed by atoms with E-state index in [1.54, 1.807) is 0 Å². The third kappa shape index (κ3) is 3.64. The highest BCUT2D eigenvalue weighted by molar-refractivity contribution is 6.03. The van der Waals surface area contributed by atoms with Gasteiger partial charge in [-0.1, -0.05) is 12.1 Å². The molecule has 0 bridgehead atoms. The summed E-state index contributed by atoms with van der Waals surface area (Å²) in [4.78, 5) is 49.0. The van der Waals surface area contributed by atoms with Crippen molar-refractivity contribution in [2.45, 2.75) is 0 Å². The minimum absolute atomic E-state index is 0.0404. The Hall–Kier alpha value is -4.54. The number of hydrogen-bond donors (Lipinski definition) is 5. The number of nitrogens with zero attached hydrogens (tertiary/aromatic N) is 2. The van der Waals surface area contributed by atoms with Crippen LogP contribution in [0.25, 0.3) is 22.8 Å². The SMILES string of the molecule is O=C(O)c1ccc(-c2n[nH]c(-c3ccc(C(=O)O)c(C(=O)O)c3)n2)cc1C(=O)O. The number of rotatable bonds is 6. The molecule has 0 spiro atoms. The van der Waals surface area contributed by atoms with Crippen LogP contribution in [0.1, 0.15) is 41.4 Å². The van der Waals surface area contributed by atoms with E-state index >= 15 is 0 Å². The number of carboxylic acids is 4. The predicted octanol–water partition coefficient (Wildman–Crippen LogP) is 1.93. The van der Waals surface area contributed by atoms with Crippen LogP contribution in [0.5, 0.6) is 0 Å². The molecule has 0 saturated heterocycles. The fraction of sp³-hybridized carbons (Fsp3) is 0. The second-order valence-corrected chi connectivity index (χ2v) is 5.75. The molecular formula is C18H11N3O8. The second-order valence-electron chi connectivity index (χ2n) is 5.75. The van der Waals surface area contributed by atoms with Crippen molar-refractivity contribution in [1.29, 1.82) is 0 Å². The van der Waals surface area contributed by atoms with E-state index in [4.69, 9.17) is 10.2 Å². The highest BCUT2D eigenvalue weighted by atomic mass is 16.4. The van der Waals surface area contributed by atoms with E-state index in [-0.39, 0.29) is 22.8 Å². The zero-order valence-corrected chi connectivity index (χ0v) is 14.3. The van der Waals surface area contributed by atoms with Crippen LogP contribution in [0.3, 0.4) is 0 Å². The quantitative estimate of drug-likeness (QED) is 0.410. The molecule has 3 rings (SSSR count). The topological polar surface area (TPSA) is 191 Å². The van der Waals surface area contributed by atoms with Crippen LogP contribution in [0.15, 0.2) is 36.4 Å². The fourth-order valence-electron chi connectivity index (χ4n) is 2.62. The average Bonchev–Trinajstić information content (AvgIpc) is 3.17. The molecule has 3 aromatic rings. The van der Waals surface area contributed by atoms with Crippen LogP contribution in [-0.4, -0.2) is 59.5 Å². The van der Waals surface area contributed by atoms with E-state index in [9.17, 15) is 29.4 Å². The van der Waals surface area contributed by atoms with E-state index in [1.807, 2.05) is 0 Å². The first-order valence-electron chi connectivity index (χ1n) is 7.83. The van der Waals surface area contributed by atoms with Crippen molar-refractivity contribution in [1.82, 2.24) is 15.2 Å². The number of aromatic carboxylic acids is 4. The van der Waals surface area contributed by atoms with E-state index < -0.39 is 46.1 Å². The summed E-state index contributed by atoms with van der Waals surface area (Å²) in [7, 11) is 0.